The summed E-state index contributed by atoms with van der Waals surface area (Å²) in [5, 5.41) is 12.0. The van der Waals surface area contributed by atoms with E-state index in [1.54, 1.807) is 35.3 Å². The van der Waals surface area contributed by atoms with Gasteiger partial charge in [0.05, 0.1) is 5.69 Å². The fourth-order valence-corrected chi connectivity index (χ4v) is 3.39. The minimum Gasteiger partial charge on any atom is -0.340 e. The summed E-state index contributed by atoms with van der Waals surface area (Å²) in [7, 11) is 0. The molecule has 1 atom stereocenters. The van der Waals surface area contributed by atoms with E-state index in [2.05, 4.69) is 32.5 Å². The van der Waals surface area contributed by atoms with Gasteiger partial charge in [0.2, 0.25) is 17.6 Å². The quantitative estimate of drug-likeness (QED) is 0.485. The molecule has 0 radical (unpaired) electrons. The maximum atomic E-state index is 12.6. The van der Waals surface area contributed by atoms with E-state index in [-0.39, 0.29) is 11.8 Å². The van der Waals surface area contributed by atoms with E-state index in [1.165, 1.54) is 6.08 Å². The normalized spacial score (nSPS) is 12.6. The Morgan fingerprint density at radius 2 is 2.06 bits per heavy atom. The standard InChI is InChI=1S/C22H27ClN6O2/c1-5-6-13-29-20(23)17(15(4)27-29)7-8-18(30)25-19(14(2)3)22-26-21(28-31-22)16-9-11-24-12-10-16/h7-12,14,19H,5-6,13H2,1-4H3,(H,25,30)/b8-7+. The lowest BCUT2D eigenvalue weighted by Gasteiger charge is -2.17. The largest absolute Gasteiger partial charge is 0.340 e. The summed E-state index contributed by atoms with van der Waals surface area (Å²) >= 11 is 6.44. The van der Waals surface area contributed by atoms with Crippen molar-refractivity contribution >= 4 is 23.6 Å². The molecule has 0 bridgehead atoms. The summed E-state index contributed by atoms with van der Waals surface area (Å²) in [6, 6.07) is 3.17. The molecule has 0 saturated carbocycles. The van der Waals surface area contributed by atoms with Crippen LogP contribution in [0.25, 0.3) is 17.5 Å². The van der Waals surface area contributed by atoms with Gasteiger partial charge < -0.3 is 9.84 Å². The second-order valence-corrected chi connectivity index (χ2v) is 7.98. The minimum absolute atomic E-state index is 0.0465. The third-order valence-corrected chi connectivity index (χ3v) is 5.24. The van der Waals surface area contributed by atoms with Crippen molar-refractivity contribution in [3.63, 3.8) is 0 Å². The molecule has 1 N–H and O–H groups in total. The second-order valence-electron chi connectivity index (χ2n) is 7.62. The van der Waals surface area contributed by atoms with Crippen molar-refractivity contribution in [3.8, 4) is 11.4 Å². The van der Waals surface area contributed by atoms with E-state index in [0.29, 0.717) is 16.9 Å². The fourth-order valence-electron chi connectivity index (χ4n) is 3.07. The van der Waals surface area contributed by atoms with Gasteiger partial charge in [0.25, 0.3) is 0 Å². The molecule has 164 valence electrons. The zero-order chi connectivity index (χ0) is 22.4. The zero-order valence-electron chi connectivity index (χ0n) is 18.2. The maximum Gasteiger partial charge on any atom is 0.249 e. The van der Waals surface area contributed by atoms with Crippen LogP contribution in [0.15, 0.2) is 35.1 Å². The number of hydrogen-bond donors (Lipinski definition) is 1. The molecule has 1 unspecified atom stereocenters. The minimum atomic E-state index is -0.427. The van der Waals surface area contributed by atoms with Crippen LogP contribution < -0.4 is 5.32 Å². The van der Waals surface area contributed by atoms with Gasteiger partial charge in [-0.2, -0.15) is 10.1 Å². The van der Waals surface area contributed by atoms with Gasteiger partial charge in [0.15, 0.2) is 0 Å². The van der Waals surface area contributed by atoms with Crippen molar-refractivity contribution < 1.29 is 9.32 Å². The Bertz CT molecular complexity index is 1040. The molecule has 0 spiro atoms. The molecule has 3 rings (SSSR count). The van der Waals surface area contributed by atoms with Crippen LogP contribution >= 0.6 is 11.6 Å². The molecule has 0 aliphatic carbocycles. The van der Waals surface area contributed by atoms with Crippen molar-refractivity contribution in [2.45, 2.75) is 53.1 Å². The van der Waals surface area contributed by atoms with E-state index in [9.17, 15) is 4.79 Å². The number of pyridine rings is 1. The summed E-state index contributed by atoms with van der Waals surface area (Å²) in [6.45, 7) is 8.70. The average Bonchev–Trinajstić information content (AvgIpc) is 3.34. The number of aromatic nitrogens is 5. The lowest BCUT2D eigenvalue weighted by molar-refractivity contribution is -0.117. The predicted octanol–water partition coefficient (Wildman–Crippen LogP) is 4.62. The number of carbonyl (C=O) groups is 1. The Morgan fingerprint density at radius 1 is 1.32 bits per heavy atom. The number of halogens is 1. The van der Waals surface area contributed by atoms with Crippen LogP contribution in [0.2, 0.25) is 5.15 Å². The third kappa shape index (κ3) is 5.58. The van der Waals surface area contributed by atoms with Gasteiger partial charge in [-0.05, 0) is 37.5 Å². The Hall–Kier alpha value is -3.00. The van der Waals surface area contributed by atoms with E-state index in [0.717, 1.165) is 36.2 Å². The van der Waals surface area contributed by atoms with Gasteiger partial charge >= 0.3 is 0 Å². The molecule has 31 heavy (non-hydrogen) atoms. The monoisotopic (exact) mass is 442 g/mol. The van der Waals surface area contributed by atoms with Crippen LogP contribution in [0, 0.1) is 12.8 Å². The van der Waals surface area contributed by atoms with Gasteiger partial charge in [-0.15, -0.1) is 0 Å². The first kappa shape index (κ1) is 22.7. The van der Waals surface area contributed by atoms with Crippen LogP contribution in [0.5, 0.6) is 0 Å². The number of rotatable bonds is 9. The Balaban J connectivity index is 1.72. The molecule has 0 saturated heterocycles. The smallest absolute Gasteiger partial charge is 0.249 e. The third-order valence-electron chi connectivity index (χ3n) is 4.84. The first-order chi connectivity index (χ1) is 14.9. The van der Waals surface area contributed by atoms with Gasteiger partial charge in [-0.25, -0.2) is 0 Å². The molecule has 1 amide bonds. The zero-order valence-corrected chi connectivity index (χ0v) is 18.9. The number of nitrogens with zero attached hydrogens (tertiary/aromatic N) is 5. The van der Waals surface area contributed by atoms with Crippen molar-refractivity contribution in [2.75, 3.05) is 0 Å². The van der Waals surface area contributed by atoms with E-state index >= 15 is 0 Å². The molecular weight excluding hydrogens is 416 g/mol. The number of amides is 1. The van der Waals surface area contributed by atoms with Crippen molar-refractivity contribution in [3.05, 3.63) is 52.9 Å². The molecule has 0 fully saturated rings. The number of carbonyl (C=O) groups excluding carboxylic acids is 1. The highest BCUT2D eigenvalue weighted by molar-refractivity contribution is 6.31. The molecule has 0 aliphatic rings. The highest BCUT2D eigenvalue weighted by Crippen LogP contribution is 2.24. The van der Waals surface area contributed by atoms with Crippen molar-refractivity contribution in [1.82, 2.24) is 30.2 Å². The summed E-state index contributed by atoms with van der Waals surface area (Å²) in [5.41, 5.74) is 2.32. The Morgan fingerprint density at radius 3 is 2.74 bits per heavy atom. The second kappa shape index (κ2) is 10.3. The number of nitrogens with one attached hydrogen (secondary N) is 1. The maximum absolute atomic E-state index is 12.6. The summed E-state index contributed by atoms with van der Waals surface area (Å²) in [6.07, 6.45) is 8.51. The molecule has 3 aromatic rings. The first-order valence-electron chi connectivity index (χ1n) is 10.4. The van der Waals surface area contributed by atoms with E-state index in [4.69, 9.17) is 16.1 Å². The highest BCUT2D eigenvalue weighted by Gasteiger charge is 2.24. The molecule has 9 heteroatoms. The van der Waals surface area contributed by atoms with Crippen LogP contribution in [-0.2, 0) is 11.3 Å². The van der Waals surface area contributed by atoms with Crippen LogP contribution in [-0.4, -0.2) is 30.8 Å². The highest BCUT2D eigenvalue weighted by atomic mass is 35.5. The lowest BCUT2D eigenvalue weighted by Crippen LogP contribution is -2.30. The number of aryl methyl sites for hydroxylation is 2. The van der Waals surface area contributed by atoms with Crippen LogP contribution in [0.3, 0.4) is 0 Å². The SMILES string of the molecule is CCCCn1nc(C)c(/C=C/C(=O)NC(c2nc(-c3ccncc3)no2)C(C)C)c1Cl. The predicted molar refractivity (Wildman–Crippen MR) is 119 cm³/mol. The van der Waals surface area contributed by atoms with Gasteiger partial charge in [0.1, 0.15) is 11.2 Å². The molecule has 8 nitrogen and oxygen atoms in total. The number of hydrogen-bond acceptors (Lipinski definition) is 6. The Kier molecular flexibility index (Phi) is 7.57. The average molecular weight is 443 g/mol. The topological polar surface area (TPSA) is 98.7 Å². The fraction of sp³-hybridized carbons (Fsp3) is 0.409. The van der Waals surface area contributed by atoms with Gasteiger partial charge in [0, 0.05) is 36.1 Å². The van der Waals surface area contributed by atoms with Crippen molar-refractivity contribution in [2.24, 2.45) is 5.92 Å². The number of unbranched alkanes of at least 4 members (excludes halogenated alkanes) is 1. The molecule has 0 aromatic carbocycles. The van der Waals surface area contributed by atoms with Crippen LogP contribution in [0.1, 0.15) is 56.8 Å². The molecule has 3 heterocycles. The summed E-state index contributed by atoms with van der Waals surface area (Å²) in [5.74, 6) is 0.573. The van der Waals surface area contributed by atoms with E-state index < -0.39 is 6.04 Å². The van der Waals surface area contributed by atoms with Crippen LogP contribution in [0.4, 0.5) is 0 Å². The lowest BCUT2D eigenvalue weighted by atomic mass is 10.0. The van der Waals surface area contributed by atoms with Gasteiger partial charge in [-0.3, -0.25) is 14.5 Å². The molecule has 3 aromatic heterocycles. The summed E-state index contributed by atoms with van der Waals surface area (Å²) < 4.78 is 7.20. The Labute approximate surface area is 186 Å². The van der Waals surface area contributed by atoms with Gasteiger partial charge in [-0.1, -0.05) is 43.9 Å². The first-order valence-corrected chi connectivity index (χ1v) is 10.7. The molecular formula is C22H27ClN6O2. The van der Waals surface area contributed by atoms with Crippen molar-refractivity contribution in [1.29, 1.82) is 0 Å². The summed E-state index contributed by atoms with van der Waals surface area (Å²) in [4.78, 5) is 21.1. The van der Waals surface area contributed by atoms with E-state index in [1.807, 2.05) is 20.8 Å². The molecule has 0 aliphatic heterocycles.